The van der Waals surface area contributed by atoms with E-state index in [4.69, 9.17) is 11.6 Å². The third-order valence-corrected chi connectivity index (χ3v) is 3.39. The molecule has 1 amide bonds. The van der Waals surface area contributed by atoms with Crippen LogP contribution in [0.3, 0.4) is 0 Å². The van der Waals surface area contributed by atoms with Crippen molar-refractivity contribution in [1.82, 2.24) is 9.38 Å². The Morgan fingerprint density at radius 3 is 2.77 bits per heavy atom. The summed E-state index contributed by atoms with van der Waals surface area (Å²) in [6.45, 7) is 1.66. The van der Waals surface area contributed by atoms with Crippen LogP contribution in [0, 0.1) is 18.6 Å². The van der Waals surface area contributed by atoms with E-state index in [-0.39, 0.29) is 11.4 Å². The number of anilines is 1. The lowest BCUT2D eigenvalue weighted by Crippen LogP contribution is -2.16. The fourth-order valence-electron chi connectivity index (χ4n) is 2.18. The van der Waals surface area contributed by atoms with Crippen LogP contribution >= 0.6 is 11.6 Å². The Balaban J connectivity index is 2.00. The zero-order valence-corrected chi connectivity index (χ0v) is 12.2. The van der Waals surface area contributed by atoms with Crippen molar-refractivity contribution in [2.24, 2.45) is 0 Å². The molecule has 3 rings (SSSR count). The second-order valence-electron chi connectivity index (χ2n) is 4.70. The van der Waals surface area contributed by atoms with E-state index < -0.39 is 17.5 Å². The highest BCUT2D eigenvalue weighted by Gasteiger charge is 2.18. The molecule has 0 aliphatic heterocycles. The van der Waals surface area contributed by atoms with Gasteiger partial charge in [0.05, 0.1) is 11.4 Å². The Morgan fingerprint density at radius 2 is 2.05 bits per heavy atom. The number of aromatic nitrogens is 2. The molecule has 0 bridgehead atoms. The molecule has 0 atom stereocenters. The molecule has 112 valence electrons. The molecule has 0 spiro atoms. The number of halogens is 3. The molecule has 3 aromatic rings. The molecule has 0 aliphatic rings. The fourth-order valence-corrected chi connectivity index (χ4v) is 2.34. The average Bonchev–Trinajstić information content (AvgIpc) is 2.76. The lowest BCUT2D eigenvalue weighted by molar-refractivity contribution is 0.102. The van der Waals surface area contributed by atoms with Crippen LogP contribution in [0.5, 0.6) is 0 Å². The van der Waals surface area contributed by atoms with Crippen molar-refractivity contribution < 1.29 is 13.6 Å². The summed E-state index contributed by atoms with van der Waals surface area (Å²) in [5, 5.41) is 2.91. The van der Waals surface area contributed by atoms with Crippen molar-refractivity contribution in [2.45, 2.75) is 6.92 Å². The van der Waals surface area contributed by atoms with E-state index in [2.05, 4.69) is 10.3 Å². The van der Waals surface area contributed by atoms with Crippen LogP contribution in [0.2, 0.25) is 5.02 Å². The molecule has 2 aromatic heterocycles. The standard InChI is InChI=1S/C15H10ClF2N3O/c1-8-14(21-5-4-9(16)6-13(21)19-8)15(22)20-12-3-2-10(17)7-11(12)18/h2-7H,1H3,(H,20,22). The Morgan fingerprint density at radius 1 is 1.27 bits per heavy atom. The van der Waals surface area contributed by atoms with Crippen LogP contribution in [0.4, 0.5) is 14.5 Å². The number of carbonyl (C=O) groups excluding carboxylic acids is 1. The number of pyridine rings is 1. The van der Waals surface area contributed by atoms with Crippen molar-refractivity contribution in [2.75, 3.05) is 5.32 Å². The molecule has 4 nitrogen and oxygen atoms in total. The van der Waals surface area contributed by atoms with Gasteiger partial charge in [-0.3, -0.25) is 9.20 Å². The highest BCUT2D eigenvalue weighted by atomic mass is 35.5. The molecule has 22 heavy (non-hydrogen) atoms. The van der Waals surface area contributed by atoms with Crippen molar-refractivity contribution in [3.05, 3.63) is 64.6 Å². The van der Waals surface area contributed by atoms with Crippen molar-refractivity contribution in [3.8, 4) is 0 Å². The second-order valence-corrected chi connectivity index (χ2v) is 5.13. The summed E-state index contributed by atoms with van der Waals surface area (Å²) in [6.07, 6.45) is 1.60. The summed E-state index contributed by atoms with van der Waals surface area (Å²) in [4.78, 5) is 16.6. The number of aryl methyl sites for hydroxylation is 1. The van der Waals surface area contributed by atoms with E-state index in [1.165, 1.54) is 0 Å². The number of benzene rings is 1. The van der Waals surface area contributed by atoms with E-state index in [0.717, 1.165) is 12.1 Å². The molecule has 0 fully saturated rings. The third kappa shape index (κ3) is 2.53. The molecule has 2 heterocycles. The summed E-state index contributed by atoms with van der Waals surface area (Å²) in [5.74, 6) is -2.10. The van der Waals surface area contributed by atoms with Gasteiger partial charge in [0.1, 0.15) is 23.0 Å². The first-order chi connectivity index (χ1) is 10.5. The molecular formula is C15H10ClF2N3O. The molecule has 0 saturated carbocycles. The van der Waals surface area contributed by atoms with E-state index >= 15 is 0 Å². The van der Waals surface area contributed by atoms with Gasteiger partial charge in [0.15, 0.2) is 0 Å². The number of hydrogen-bond acceptors (Lipinski definition) is 2. The molecule has 0 aliphatic carbocycles. The number of nitrogens with one attached hydrogen (secondary N) is 1. The van der Waals surface area contributed by atoms with Gasteiger partial charge in [-0.2, -0.15) is 0 Å². The number of rotatable bonds is 2. The van der Waals surface area contributed by atoms with Crippen molar-refractivity contribution in [3.63, 3.8) is 0 Å². The van der Waals surface area contributed by atoms with Crippen LogP contribution < -0.4 is 5.32 Å². The Bertz CT molecular complexity index is 892. The summed E-state index contributed by atoms with van der Waals surface area (Å²) in [7, 11) is 0. The molecule has 1 aromatic carbocycles. The molecule has 7 heteroatoms. The zero-order chi connectivity index (χ0) is 15.9. The third-order valence-electron chi connectivity index (χ3n) is 3.16. The summed E-state index contributed by atoms with van der Waals surface area (Å²) in [5.41, 5.74) is 1.14. The predicted molar refractivity (Wildman–Crippen MR) is 79.3 cm³/mol. The van der Waals surface area contributed by atoms with Gasteiger partial charge in [-0.15, -0.1) is 0 Å². The molecule has 0 unspecified atom stereocenters. The monoisotopic (exact) mass is 321 g/mol. The van der Waals surface area contributed by atoms with E-state index in [1.807, 2.05) is 0 Å². The minimum Gasteiger partial charge on any atom is -0.318 e. The first kappa shape index (κ1) is 14.5. The van der Waals surface area contributed by atoms with E-state index in [1.54, 1.807) is 29.7 Å². The number of amides is 1. The first-order valence-corrected chi connectivity index (χ1v) is 6.74. The number of nitrogens with zero attached hydrogens (tertiary/aromatic N) is 2. The Hall–Kier alpha value is -2.47. The van der Waals surface area contributed by atoms with Gasteiger partial charge >= 0.3 is 0 Å². The quantitative estimate of drug-likeness (QED) is 0.780. The highest BCUT2D eigenvalue weighted by molar-refractivity contribution is 6.30. The van der Waals surface area contributed by atoms with Gasteiger partial charge in [-0.1, -0.05) is 11.6 Å². The van der Waals surface area contributed by atoms with Gasteiger partial charge in [-0.25, -0.2) is 13.8 Å². The van der Waals surface area contributed by atoms with Gasteiger partial charge in [-0.05, 0) is 25.1 Å². The normalized spacial score (nSPS) is 10.9. The van der Waals surface area contributed by atoms with Crippen LogP contribution in [0.25, 0.3) is 5.65 Å². The maximum absolute atomic E-state index is 13.6. The Kier molecular flexibility index (Phi) is 3.54. The molecule has 1 N–H and O–H groups in total. The van der Waals surface area contributed by atoms with Crippen molar-refractivity contribution in [1.29, 1.82) is 0 Å². The topological polar surface area (TPSA) is 46.4 Å². The van der Waals surface area contributed by atoms with E-state index in [0.29, 0.717) is 22.4 Å². The lowest BCUT2D eigenvalue weighted by Gasteiger charge is -2.07. The number of carbonyl (C=O) groups is 1. The van der Waals surface area contributed by atoms with Gasteiger partial charge in [0.2, 0.25) is 0 Å². The van der Waals surface area contributed by atoms with E-state index in [9.17, 15) is 13.6 Å². The highest BCUT2D eigenvalue weighted by Crippen LogP contribution is 2.20. The minimum absolute atomic E-state index is 0.102. The second kappa shape index (κ2) is 5.38. The Labute approximate surface area is 129 Å². The predicted octanol–water partition coefficient (Wildman–Crippen LogP) is 3.83. The molecular weight excluding hydrogens is 312 g/mol. The fraction of sp³-hybridized carbons (Fsp3) is 0.0667. The maximum atomic E-state index is 13.6. The zero-order valence-electron chi connectivity index (χ0n) is 11.4. The molecule has 0 saturated heterocycles. The average molecular weight is 322 g/mol. The molecule has 0 radical (unpaired) electrons. The number of imidazole rings is 1. The van der Waals surface area contributed by atoms with Crippen LogP contribution in [-0.2, 0) is 0 Å². The van der Waals surface area contributed by atoms with Gasteiger partial charge in [0.25, 0.3) is 5.91 Å². The van der Waals surface area contributed by atoms with Crippen LogP contribution in [0.15, 0.2) is 36.5 Å². The smallest absolute Gasteiger partial charge is 0.274 e. The van der Waals surface area contributed by atoms with Crippen LogP contribution in [-0.4, -0.2) is 15.3 Å². The SMILES string of the molecule is Cc1nc2cc(Cl)ccn2c1C(=O)Nc1ccc(F)cc1F. The van der Waals surface area contributed by atoms with Crippen molar-refractivity contribution >= 4 is 28.8 Å². The summed E-state index contributed by atoms with van der Waals surface area (Å²) >= 11 is 5.89. The maximum Gasteiger partial charge on any atom is 0.274 e. The summed E-state index contributed by atoms with van der Waals surface area (Å²) in [6, 6.07) is 6.17. The minimum atomic E-state index is -0.845. The number of fused-ring (bicyclic) bond motifs is 1. The van der Waals surface area contributed by atoms with Crippen LogP contribution in [0.1, 0.15) is 16.2 Å². The first-order valence-electron chi connectivity index (χ1n) is 6.36. The largest absolute Gasteiger partial charge is 0.318 e. The van der Waals surface area contributed by atoms with Gasteiger partial charge < -0.3 is 5.32 Å². The number of hydrogen-bond donors (Lipinski definition) is 1. The summed E-state index contributed by atoms with van der Waals surface area (Å²) < 4.78 is 28.1. The lowest BCUT2D eigenvalue weighted by atomic mass is 10.2. The van der Waals surface area contributed by atoms with Gasteiger partial charge in [0, 0.05) is 23.4 Å².